The van der Waals surface area contributed by atoms with Crippen LogP contribution in [0.15, 0.2) is 29.3 Å². The van der Waals surface area contributed by atoms with Crippen LogP contribution in [0.2, 0.25) is 0 Å². The number of halogens is 1. The van der Waals surface area contributed by atoms with Crippen LogP contribution in [0.3, 0.4) is 0 Å². The van der Waals surface area contributed by atoms with Gasteiger partial charge in [-0.05, 0) is 45.2 Å². The van der Waals surface area contributed by atoms with Gasteiger partial charge in [0, 0.05) is 26.2 Å². The zero-order chi connectivity index (χ0) is 16.9. The van der Waals surface area contributed by atoms with E-state index in [0.717, 1.165) is 50.8 Å². The Bertz CT molecular complexity index is 467. The molecule has 0 unspecified atom stereocenters. The van der Waals surface area contributed by atoms with E-state index in [2.05, 4.69) is 28.6 Å². The quantitative estimate of drug-likeness (QED) is 0.249. The molecule has 138 valence electrons. The molecule has 5 nitrogen and oxygen atoms in total. The summed E-state index contributed by atoms with van der Waals surface area (Å²) in [7, 11) is 1.71. The van der Waals surface area contributed by atoms with E-state index in [4.69, 9.17) is 9.47 Å². The number of nitrogens with one attached hydrogen (secondary N) is 2. The Morgan fingerprint density at radius 1 is 1.21 bits per heavy atom. The minimum absolute atomic E-state index is 0. The molecule has 0 heterocycles. The predicted octanol–water partition coefficient (Wildman–Crippen LogP) is 3.23. The molecule has 0 aliphatic carbocycles. The van der Waals surface area contributed by atoms with Gasteiger partial charge in [0.1, 0.15) is 5.75 Å². The van der Waals surface area contributed by atoms with E-state index in [1.165, 1.54) is 5.56 Å². The Labute approximate surface area is 163 Å². The second kappa shape index (κ2) is 14.3. The monoisotopic (exact) mass is 449 g/mol. The minimum Gasteiger partial charge on any atom is -0.496 e. The number of ether oxygens (including phenoxy) is 2. The van der Waals surface area contributed by atoms with Gasteiger partial charge >= 0.3 is 0 Å². The van der Waals surface area contributed by atoms with Gasteiger partial charge in [-0.2, -0.15) is 0 Å². The summed E-state index contributed by atoms with van der Waals surface area (Å²) in [6.07, 6.45) is 2.11. The Balaban J connectivity index is 0.00000529. The molecule has 0 radical (unpaired) electrons. The van der Waals surface area contributed by atoms with Crippen LogP contribution in [0.4, 0.5) is 0 Å². The lowest BCUT2D eigenvalue weighted by Gasteiger charge is -2.13. The van der Waals surface area contributed by atoms with Crippen molar-refractivity contribution >= 4 is 29.9 Å². The Morgan fingerprint density at radius 2 is 1.96 bits per heavy atom. The first-order valence-electron chi connectivity index (χ1n) is 8.43. The number of guanidine groups is 1. The average Bonchev–Trinajstić information content (AvgIpc) is 2.54. The molecule has 0 saturated heterocycles. The van der Waals surface area contributed by atoms with Crippen molar-refractivity contribution in [2.24, 2.45) is 4.99 Å². The van der Waals surface area contributed by atoms with Crippen molar-refractivity contribution in [2.45, 2.75) is 39.7 Å². The highest BCUT2D eigenvalue weighted by Gasteiger charge is 2.02. The number of aliphatic imine (C=N–C) groups is 1. The SMILES string of the molecule is CCNC(=NCCCOC(C)C)NCCc1ccccc1OC.I. The lowest BCUT2D eigenvalue weighted by molar-refractivity contribution is 0.0782. The molecule has 0 spiro atoms. The maximum atomic E-state index is 5.52. The van der Waals surface area contributed by atoms with Crippen LogP contribution >= 0.6 is 24.0 Å². The number of benzene rings is 1. The largest absolute Gasteiger partial charge is 0.496 e. The molecule has 2 N–H and O–H groups in total. The first kappa shape index (κ1) is 23.0. The second-order valence-corrected chi connectivity index (χ2v) is 5.52. The molecule has 0 aliphatic rings. The van der Waals surface area contributed by atoms with Crippen LogP contribution in [0.1, 0.15) is 32.8 Å². The van der Waals surface area contributed by atoms with Gasteiger partial charge in [-0.25, -0.2) is 0 Å². The average molecular weight is 449 g/mol. The van der Waals surface area contributed by atoms with Crippen molar-refractivity contribution in [3.05, 3.63) is 29.8 Å². The summed E-state index contributed by atoms with van der Waals surface area (Å²) in [4.78, 5) is 4.57. The molecular formula is C18H32IN3O2. The smallest absolute Gasteiger partial charge is 0.191 e. The number of methoxy groups -OCH3 is 1. The number of hydrogen-bond donors (Lipinski definition) is 2. The maximum Gasteiger partial charge on any atom is 0.191 e. The van der Waals surface area contributed by atoms with Crippen LogP contribution in [0, 0.1) is 0 Å². The molecule has 1 aromatic rings. The molecular weight excluding hydrogens is 417 g/mol. The standard InChI is InChI=1S/C18H31N3O2.HI/c1-5-19-18(20-12-8-14-23-15(2)3)21-13-11-16-9-6-7-10-17(16)22-4;/h6-7,9-10,15H,5,8,11-14H2,1-4H3,(H2,19,20,21);1H. The van der Waals surface area contributed by atoms with Gasteiger partial charge in [-0.1, -0.05) is 18.2 Å². The van der Waals surface area contributed by atoms with E-state index in [9.17, 15) is 0 Å². The summed E-state index contributed by atoms with van der Waals surface area (Å²) in [5.74, 6) is 1.79. The van der Waals surface area contributed by atoms with Gasteiger partial charge in [0.15, 0.2) is 5.96 Å². The first-order valence-corrected chi connectivity index (χ1v) is 8.43. The van der Waals surface area contributed by atoms with Crippen LogP contribution in [0.5, 0.6) is 5.75 Å². The summed E-state index contributed by atoms with van der Waals surface area (Å²) in [6.45, 7) is 9.34. The summed E-state index contributed by atoms with van der Waals surface area (Å²) in [6, 6.07) is 8.10. The first-order chi connectivity index (χ1) is 11.2. The number of hydrogen-bond acceptors (Lipinski definition) is 3. The lowest BCUT2D eigenvalue weighted by atomic mass is 10.1. The molecule has 0 aromatic heterocycles. The van der Waals surface area contributed by atoms with Gasteiger partial charge in [0.25, 0.3) is 0 Å². The number of rotatable bonds is 10. The van der Waals surface area contributed by atoms with E-state index < -0.39 is 0 Å². The lowest BCUT2D eigenvalue weighted by Crippen LogP contribution is -2.38. The molecule has 24 heavy (non-hydrogen) atoms. The summed E-state index contributed by atoms with van der Waals surface area (Å²) in [5.41, 5.74) is 1.20. The van der Waals surface area contributed by atoms with Gasteiger partial charge < -0.3 is 20.1 Å². The highest BCUT2D eigenvalue weighted by atomic mass is 127. The number of nitrogens with zero attached hydrogens (tertiary/aromatic N) is 1. The van der Waals surface area contributed by atoms with Crippen molar-refractivity contribution in [1.29, 1.82) is 0 Å². The fourth-order valence-electron chi connectivity index (χ4n) is 2.14. The zero-order valence-corrected chi connectivity index (χ0v) is 17.6. The Morgan fingerprint density at radius 3 is 2.62 bits per heavy atom. The second-order valence-electron chi connectivity index (χ2n) is 5.52. The van der Waals surface area contributed by atoms with Crippen molar-refractivity contribution in [1.82, 2.24) is 10.6 Å². The molecule has 0 aliphatic heterocycles. The van der Waals surface area contributed by atoms with Crippen LogP contribution < -0.4 is 15.4 Å². The fraction of sp³-hybridized carbons (Fsp3) is 0.611. The highest BCUT2D eigenvalue weighted by Crippen LogP contribution is 2.17. The van der Waals surface area contributed by atoms with Gasteiger partial charge in [0.05, 0.1) is 13.2 Å². The van der Waals surface area contributed by atoms with Crippen molar-refractivity contribution in [3.63, 3.8) is 0 Å². The fourth-order valence-corrected chi connectivity index (χ4v) is 2.14. The van der Waals surface area contributed by atoms with E-state index >= 15 is 0 Å². The molecule has 0 amide bonds. The van der Waals surface area contributed by atoms with Crippen LogP contribution in [-0.2, 0) is 11.2 Å². The molecule has 0 atom stereocenters. The van der Waals surface area contributed by atoms with Crippen LogP contribution in [-0.4, -0.2) is 45.4 Å². The molecule has 6 heteroatoms. The van der Waals surface area contributed by atoms with Crippen molar-refractivity contribution < 1.29 is 9.47 Å². The Hall–Kier alpha value is -1.02. The van der Waals surface area contributed by atoms with E-state index in [1.54, 1.807) is 7.11 Å². The third kappa shape index (κ3) is 9.97. The predicted molar refractivity (Wildman–Crippen MR) is 112 cm³/mol. The van der Waals surface area contributed by atoms with Crippen LogP contribution in [0.25, 0.3) is 0 Å². The summed E-state index contributed by atoms with van der Waals surface area (Å²) in [5, 5.41) is 6.63. The van der Waals surface area contributed by atoms with Gasteiger partial charge in [0.2, 0.25) is 0 Å². The molecule has 1 aromatic carbocycles. The topological polar surface area (TPSA) is 54.9 Å². The van der Waals surface area contributed by atoms with Crippen molar-refractivity contribution in [2.75, 3.05) is 33.4 Å². The molecule has 1 rings (SSSR count). The van der Waals surface area contributed by atoms with E-state index in [1.807, 2.05) is 32.0 Å². The molecule has 0 fully saturated rings. The third-order valence-corrected chi connectivity index (χ3v) is 3.25. The number of para-hydroxylation sites is 1. The van der Waals surface area contributed by atoms with Crippen molar-refractivity contribution in [3.8, 4) is 5.75 Å². The normalized spacial score (nSPS) is 11.1. The molecule has 0 bridgehead atoms. The minimum atomic E-state index is 0. The maximum absolute atomic E-state index is 5.52. The van der Waals surface area contributed by atoms with Gasteiger partial charge in [-0.15, -0.1) is 24.0 Å². The summed E-state index contributed by atoms with van der Waals surface area (Å²) < 4.78 is 10.9. The van der Waals surface area contributed by atoms with E-state index in [-0.39, 0.29) is 30.1 Å². The third-order valence-electron chi connectivity index (χ3n) is 3.25. The highest BCUT2D eigenvalue weighted by molar-refractivity contribution is 14.0. The van der Waals surface area contributed by atoms with Gasteiger partial charge in [-0.3, -0.25) is 4.99 Å². The summed E-state index contributed by atoms with van der Waals surface area (Å²) >= 11 is 0. The molecule has 0 saturated carbocycles. The Kier molecular flexibility index (Phi) is 13.7. The zero-order valence-electron chi connectivity index (χ0n) is 15.3. The van der Waals surface area contributed by atoms with E-state index in [0.29, 0.717) is 0 Å².